The molecule has 0 unspecified atom stereocenters. The summed E-state index contributed by atoms with van der Waals surface area (Å²) < 4.78 is 0.891. The summed E-state index contributed by atoms with van der Waals surface area (Å²) in [6, 6.07) is 10.6. The molecule has 1 aromatic heterocycles. The number of hydrogen-bond acceptors (Lipinski definition) is 3. The highest BCUT2D eigenvalue weighted by molar-refractivity contribution is 9.10. The Bertz CT molecular complexity index is 794. The number of likely N-dealkylation sites (tertiary alicyclic amines) is 1. The predicted molar refractivity (Wildman–Crippen MR) is 104 cm³/mol. The number of hydrogen-bond donors (Lipinski definition) is 1. The highest BCUT2D eigenvalue weighted by atomic mass is 79.9. The van der Waals surface area contributed by atoms with E-state index in [0.29, 0.717) is 5.41 Å². The van der Waals surface area contributed by atoms with Gasteiger partial charge in [-0.15, -0.1) is 0 Å². The topological polar surface area (TPSA) is 36.4 Å². The van der Waals surface area contributed by atoms with Crippen molar-refractivity contribution >= 4 is 15.9 Å². The average Bonchev–Trinajstić information content (AvgIpc) is 3.32. The van der Waals surface area contributed by atoms with Crippen molar-refractivity contribution in [2.75, 3.05) is 20.1 Å². The van der Waals surface area contributed by atoms with Crippen molar-refractivity contribution in [3.05, 3.63) is 63.9 Å². The Balaban J connectivity index is 1.80. The van der Waals surface area contributed by atoms with Gasteiger partial charge in [0.05, 0.1) is 0 Å². The molecule has 3 nitrogen and oxygen atoms in total. The number of nitrogens with zero attached hydrogens (tertiary/aromatic N) is 2. The van der Waals surface area contributed by atoms with Crippen LogP contribution in [0.25, 0.3) is 0 Å². The van der Waals surface area contributed by atoms with E-state index in [2.05, 4.69) is 71.0 Å². The van der Waals surface area contributed by atoms with E-state index >= 15 is 0 Å². The van der Waals surface area contributed by atoms with Gasteiger partial charge in [0, 0.05) is 40.9 Å². The Kier molecular flexibility index (Phi) is 3.87. The molecule has 4 heteroatoms. The summed E-state index contributed by atoms with van der Waals surface area (Å²) >= 11 is 3.51. The maximum absolute atomic E-state index is 12.0. The molecule has 2 heterocycles. The molecule has 1 aliphatic carbocycles. The first-order valence-electron chi connectivity index (χ1n) is 8.90. The minimum Gasteiger partial charge on any atom is -0.380 e. The summed E-state index contributed by atoms with van der Waals surface area (Å²) in [5, 5.41) is 12.0. The third kappa shape index (κ3) is 2.66. The van der Waals surface area contributed by atoms with Gasteiger partial charge in [0.1, 0.15) is 5.60 Å². The Morgan fingerprint density at radius 2 is 1.72 bits per heavy atom. The van der Waals surface area contributed by atoms with Gasteiger partial charge in [-0.1, -0.05) is 38.1 Å². The molecule has 2 aliphatic rings. The molecule has 4 rings (SSSR count). The van der Waals surface area contributed by atoms with Gasteiger partial charge in [-0.25, -0.2) is 0 Å². The maximum Gasteiger partial charge on any atom is 0.124 e. The zero-order chi connectivity index (χ0) is 17.9. The molecule has 1 saturated heterocycles. The van der Waals surface area contributed by atoms with E-state index < -0.39 is 5.60 Å². The lowest BCUT2D eigenvalue weighted by molar-refractivity contribution is -0.127. The maximum atomic E-state index is 12.0. The summed E-state index contributed by atoms with van der Waals surface area (Å²) in [7, 11) is 2.10. The average molecular weight is 401 g/mol. The first-order valence-corrected chi connectivity index (χ1v) is 9.69. The van der Waals surface area contributed by atoms with Gasteiger partial charge in [0.15, 0.2) is 0 Å². The molecule has 0 spiro atoms. The summed E-state index contributed by atoms with van der Waals surface area (Å²) in [6.07, 6.45) is 6.07. The van der Waals surface area contributed by atoms with Gasteiger partial charge >= 0.3 is 0 Å². The van der Waals surface area contributed by atoms with Crippen LogP contribution >= 0.6 is 15.9 Å². The third-order valence-corrected chi connectivity index (χ3v) is 6.67. The van der Waals surface area contributed by atoms with Crippen molar-refractivity contribution in [3.8, 4) is 0 Å². The van der Waals surface area contributed by atoms with Crippen LogP contribution in [0.4, 0.5) is 0 Å². The third-order valence-electron chi connectivity index (χ3n) is 6.23. The minimum absolute atomic E-state index is 0.241. The van der Waals surface area contributed by atoms with E-state index in [0.717, 1.165) is 28.7 Å². The molecule has 0 radical (unpaired) electrons. The fourth-order valence-electron chi connectivity index (χ4n) is 4.44. The van der Waals surface area contributed by atoms with Crippen molar-refractivity contribution in [1.82, 2.24) is 9.88 Å². The Hall–Kier alpha value is -1.23. The van der Waals surface area contributed by atoms with Gasteiger partial charge in [-0.05, 0) is 58.4 Å². The number of benzene rings is 1. The van der Waals surface area contributed by atoms with Crippen molar-refractivity contribution in [3.63, 3.8) is 0 Å². The number of halogens is 1. The van der Waals surface area contributed by atoms with Crippen LogP contribution in [0.1, 0.15) is 43.4 Å². The standard InChI is InChI=1S/C21H25BrN2O/c1-19(8-9-19)15-4-6-16(7-5-15)21(25,20(2)13-24(3)14-20)17-10-18(22)12-23-11-17/h4-7,10-12,25H,8-9,13-14H2,1-3H3/t21-/m0/s1. The normalized spacial score (nSPS) is 23.6. The zero-order valence-corrected chi connectivity index (χ0v) is 16.7. The van der Waals surface area contributed by atoms with E-state index in [-0.39, 0.29) is 5.41 Å². The van der Waals surface area contributed by atoms with Crippen LogP contribution in [0.2, 0.25) is 0 Å². The van der Waals surface area contributed by atoms with Gasteiger partial charge in [0.2, 0.25) is 0 Å². The Labute approximate surface area is 158 Å². The van der Waals surface area contributed by atoms with Gasteiger partial charge in [0.25, 0.3) is 0 Å². The monoisotopic (exact) mass is 400 g/mol. The zero-order valence-electron chi connectivity index (χ0n) is 15.1. The minimum atomic E-state index is -1.06. The molecule has 0 bridgehead atoms. The molecular weight excluding hydrogens is 376 g/mol. The lowest BCUT2D eigenvalue weighted by atomic mass is 9.62. The van der Waals surface area contributed by atoms with Crippen LogP contribution in [0.5, 0.6) is 0 Å². The van der Waals surface area contributed by atoms with Crippen molar-refractivity contribution in [2.24, 2.45) is 5.41 Å². The summed E-state index contributed by atoms with van der Waals surface area (Å²) in [5.74, 6) is 0. The molecule has 25 heavy (non-hydrogen) atoms. The highest BCUT2D eigenvalue weighted by Gasteiger charge is 2.55. The van der Waals surface area contributed by atoms with E-state index in [9.17, 15) is 5.11 Å². The van der Waals surface area contributed by atoms with Crippen molar-refractivity contribution < 1.29 is 5.11 Å². The second-order valence-electron chi connectivity index (χ2n) is 8.47. The van der Waals surface area contributed by atoms with Crippen LogP contribution in [-0.4, -0.2) is 35.1 Å². The molecule has 1 aromatic carbocycles. The predicted octanol–water partition coefficient (Wildman–Crippen LogP) is 4.08. The van der Waals surface area contributed by atoms with Crippen molar-refractivity contribution in [1.29, 1.82) is 0 Å². The molecule has 1 atom stereocenters. The van der Waals surface area contributed by atoms with Gasteiger partial charge in [-0.3, -0.25) is 4.98 Å². The Morgan fingerprint density at radius 3 is 2.24 bits per heavy atom. The largest absolute Gasteiger partial charge is 0.380 e. The van der Waals surface area contributed by atoms with Crippen LogP contribution in [-0.2, 0) is 11.0 Å². The molecular formula is C21H25BrN2O. The van der Waals surface area contributed by atoms with Crippen LogP contribution in [0.3, 0.4) is 0 Å². The number of aromatic nitrogens is 1. The lowest BCUT2D eigenvalue weighted by Gasteiger charge is -2.55. The van der Waals surface area contributed by atoms with Crippen LogP contribution in [0.15, 0.2) is 47.2 Å². The SMILES string of the molecule is CN1CC(C)([C@](O)(c2ccc(C3(C)CC3)cc2)c2cncc(Br)c2)C1. The number of aliphatic hydroxyl groups is 1. The summed E-state index contributed by atoms with van der Waals surface area (Å²) in [6.45, 7) is 6.20. The first-order chi connectivity index (χ1) is 11.8. The van der Waals surface area contributed by atoms with E-state index in [1.54, 1.807) is 12.4 Å². The molecule has 1 saturated carbocycles. The fourth-order valence-corrected chi connectivity index (χ4v) is 4.80. The number of pyridine rings is 1. The van der Waals surface area contributed by atoms with Crippen molar-refractivity contribution in [2.45, 2.75) is 37.7 Å². The molecule has 132 valence electrons. The molecule has 0 amide bonds. The van der Waals surface area contributed by atoms with E-state index in [1.165, 1.54) is 18.4 Å². The van der Waals surface area contributed by atoms with Gasteiger partial charge in [-0.2, -0.15) is 0 Å². The fraction of sp³-hybridized carbons (Fsp3) is 0.476. The van der Waals surface area contributed by atoms with Crippen LogP contribution < -0.4 is 0 Å². The van der Waals surface area contributed by atoms with Crippen LogP contribution in [0, 0.1) is 5.41 Å². The van der Waals surface area contributed by atoms with E-state index in [4.69, 9.17) is 0 Å². The first kappa shape index (κ1) is 17.2. The van der Waals surface area contributed by atoms with E-state index in [1.807, 2.05) is 6.07 Å². The number of rotatable bonds is 4. The second kappa shape index (κ2) is 5.63. The molecule has 2 aromatic rings. The highest BCUT2D eigenvalue weighted by Crippen LogP contribution is 2.52. The smallest absolute Gasteiger partial charge is 0.124 e. The molecule has 2 fully saturated rings. The summed E-state index contributed by atoms with van der Waals surface area (Å²) in [4.78, 5) is 6.56. The summed E-state index contributed by atoms with van der Waals surface area (Å²) in [5.41, 5.74) is 2.23. The molecule has 1 N–H and O–H groups in total. The quantitative estimate of drug-likeness (QED) is 0.839. The lowest BCUT2D eigenvalue weighted by Crippen LogP contribution is -2.63. The van der Waals surface area contributed by atoms with Gasteiger partial charge < -0.3 is 10.0 Å². The Morgan fingerprint density at radius 1 is 1.08 bits per heavy atom. The second-order valence-corrected chi connectivity index (χ2v) is 9.39. The molecule has 1 aliphatic heterocycles.